The molecule has 0 radical (unpaired) electrons. The lowest BCUT2D eigenvalue weighted by atomic mass is 9.84. The molecule has 2 aromatic carbocycles. The summed E-state index contributed by atoms with van der Waals surface area (Å²) in [7, 11) is 0. The Morgan fingerprint density at radius 3 is 2.48 bits per heavy atom. The largest absolute Gasteiger partial charge is 0.490 e. The van der Waals surface area contributed by atoms with Gasteiger partial charge < -0.3 is 19.7 Å². The van der Waals surface area contributed by atoms with E-state index in [9.17, 15) is 0 Å². The van der Waals surface area contributed by atoms with Gasteiger partial charge in [0.2, 0.25) is 0 Å². The maximum atomic E-state index is 6.01. The Morgan fingerprint density at radius 2 is 1.78 bits per heavy atom. The van der Waals surface area contributed by atoms with E-state index in [1.807, 2.05) is 31.2 Å². The Kier molecular flexibility index (Phi) is 5.95. The molecule has 0 saturated carbocycles. The summed E-state index contributed by atoms with van der Waals surface area (Å²) in [5.41, 5.74) is 2.41. The molecule has 0 spiro atoms. The van der Waals surface area contributed by atoms with Crippen molar-refractivity contribution in [2.75, 3.05) is 26.2 Å². The van der Waals surface area contributed by atoms with E-state index < -0.39 is 0 Å². The summed E-state index contributed by atoms with van der Waals surface area (Å²) >= 11 is 0. The minimum Gasteiger partial charge on any atom is -0.490 e. The molecule has 0 aliphatic carbocycles. The monoisotopic (exact) mass is 366 g/mol. The van der Waals surface area contributed by atoms with Gasteiger partial charge in [-0.1, -0.05) is 36.4 Å². The molecule has 27 heavy (non-hydrogen) atoms. The highest BCUT2D eigenvalue weighted by Gasteiger charge is 2.33. The minimum atomic E-state index is 0.554. The molecule has 3 aliphatic heterocycles. The molecule has 1 atom stereocenters. The first-order chi connectivity index (χ1) is 13.3. The van der Waals surface area contributed by atoms with Crippen LogP contribution in [0, 0.1) is 5.92 Å². The number of ether oxygens (including phenoxy) is 2. The van der Waals surface area contributed by atoms with Gasteiger partial charge in [0.1, 0.15) is 6.61 Å². The maximum Gasteiger partial charge on any atom is 0.161 e. The summed E-state index contributed by atoms with van der Waals surface area (Å²) in [6, 6.07) is 17.2. The Bertz CT molecular complexity index is 726. The first kappa shape index (κ1) is 18.3. The third-order valence-corrected chi connectivity index (χ3v) is 5.77. The van der Waals surface area contributed by atoms with Crippen molar-refractivity contribution in [3.8, 4) is 11.5 Å². The molecule has 2 aromatic rings. The summed E-state index contributed by atoms with van der Waals surface area (Å²) in [5.74, 6) is 2.49. The number of rotatable bonds is 8. The lowest BCUT2D eigenvalue weighted by Crippen LogP contribution is -2.55. The molecule has 1 N–H and O–H groups in total. The van der Waals surface area contributed by atoms with Gasteiger partial charge in [-0.2, -0.15) is 0 Å². The molecule has 2 bridgehead atoms. The van der Waals surface area contributed by atoms with Gasteiger partial charge in [-0.15, -0.1) is 0 Å². The average molecular weight is 367 g/mol. The van der Waals surface area contributed by atoms with Gasteiger partial charge in [-0.3, -0.25) is 0 Å². The molecule has 5 rings (SSSR count). The molecule has 4 heteroatoms. The van der Waals surface area contributed by atoms with Gasteiger partial charge in [0.05, 0.1) is 6.61 Å². The zero-order chi connectivity index (χ0) is 18.5. The van der Waals surface area contributed by atoms with E-state index in [1.54, 1.807) is 0 Å². The fraction of sp³-hybridized carbons (Fsp3) is 0.478. The van der Waals surface area contributed by atoms with Crippen molar-refractivity contribution >= 4 is 0 Å². The molecule has 3 heterocycles. The van der Waals surface area contributed by atoms with Crippen molar-refractivity contribution in [1.82, 2.24) is 10.2 Å². The van der Waals surface area contributed by atoms with Gasteiger partial charge in [-0.25, -0.2) is 0 Å². The molecule has 0 aromatic heterocycles. The molecule has 3 aliphatic rings. The Hall–Kier alpha value is -2.04. The van der Waals surface area contributed by atoms with Crippen LogP contribution in [0.4, 0.5) is 0 Å². The third-order valence-electron chi connectivity index (χ3n) is 5.77. The highest BCUT2D eigenvalue weighted by molar-refractivity contribution is 5.43. The van der Waals surface area contributed by atoms with Crippen molar-refractivity contribution in [3.63, 3.8) is 0 Å². The van der Waals surface area contributed by atoms with Crippen molar-refractivity contribution in [1.29, 1.82) is 0 Å². The normalized spacial score (nSPS) is 24.0. The van der Waals surface area contributed by atoms with Crippen LogP contribution in [0.25, 0.3) is 0 Å². The van der Waals surface area contributed by atoms with Crippen LogP contribution in [0.3, 0.4) is 0 Å². The van der Waals surface area contributed by atoms with Gasteiger partial charge in [0, 0.05) is 19.1 Å². The third kappa shape index (κ3) is 4.63. The van der Waals surface area contributed by atoms with E-state index in [-0.39, 0.29) is 0 Å². The summed E-state index contributed by atoms with van der Waals surface area (Å²) in [4.78, 5) is 2.59. The van der Waals surface area contributed by atoms with E-state index in [4.69, 9.17) is 9.47 Å². The number of fused-ring (bicyclic) bond motifs is 3. The number of hydrogen-bond donors (Lipinski definition) is 1. The highest BCUT2D eigenvalue weighted by Crippen LogP contribution is 2.30. The number of piperidine rings is 3. The van der Waals surface area contributed by atoms with Crippen LogP contribution in [0.15, 0.2) is 48.5 Å². The van der Waals surface area contributed by atoms with Crippen molar-refractivity contribution < 1.29 is 9.47 Å². The number of nitrogens with zero attached hydrogens (tertiary/aromatic N) is 1. The summed E-state index contributed by atoms with van der Waals surface area (Å²) in [6.45, 7) is 7.85. The quantitative estimate of drug-likeness (QED) is 0.769. The Labute approximate surface area is 162 Å². The number of nitrogens with one attached hydrogen (secondary N) is 1. The van der Waals surface area contributed by atoms with Crippen LogP contribution in [-0.2, 0) is 13.2 Å². The molecule has 3 fully saturated rings. The van der Waals surface area contributed by atoms with Gasteiger partial charge in [0.15, 0.2) is 11.5 Å². The predicted octanol–water partition coefficient (Wildman–Crippen LogP) is 3.85. The van der Waals surface area contributed by atoms with E-state index in [2.05, 4.69) is 34.5 Å². The average Bonchev–Trinajstić information content (AvgIpc) is 2.73. The smallest absolute Gasteiger partial charge is 0.161 e. The Balaban J connectivity index is 1.38. The Morgan fingerprint density at radius 1 is 0.963 bits per heavy atom. The maximum absolute atomic E-state index is 6.01. The minimum absolute atomic E-state index is 0.554. The van der Waals surface area contributed by atoms with Crippen molar-refractivity contribution in [2.24, 2.45) is 5.92 Å². The standard InChI is InChI=1S/C23H30N2O2/c1-2-26-23-14-19(15-24-21-16-25-12-10-20(21)11-13-25)8-9-22(23)27-17-18-6-4-3-5-7-18/h3-9,14,20-21,24H,2,10-13,15-17H2,1H3/t21-/m0/s1. The lowest BCUT2D eigenvalue weighted by Gasteiger charge is -2.45. The second-order valence-electron chi connectivity index (χ2n) is 7.61. The predicted molar refractivity (Wildman–Crippen MR) is 108 cm³/mol. The zero-order valence-electron chi connectivity index (χ0n) is 16.2. The fourth-order valence-corrected chi connectivity index (χ4v) is 4.23. The van der Waals surface area contributed by atoms with Gasteiger partial charge in [0.25, 0.3) is 0 Å². The van der Waals surface area contributed by atoms with Crippen LogP contribution in [0.5, 0.6) is 11.5 Å². The molecule has 0 amide bonds. The molecule has 0 unspecified atom stereocenters. The summed E-state index contributed by atoms with van der Waals surface area (Å²) < 4.78 is 11.9. The van der Waals surface area contributed by atoms with Gasteiger partial charge >= 0.3 is 0 Å². The van der Waals surface area contributed by atoms with E-state index >= 15 is 0 Å². The lowest BCUT2D eigenvalue weighted by molar-refractivity contribution is 0.0720. The summed E-state index contributed by atoms with van der Waals surface area (Å²) in [6.07, 6.45) is 2.68. The topological polar surface area (TPSA) is 33.7 Å². The van der Waals surface area contributed by atoms with E-state index in [0.29, 0.717) is 19.3 Å². The van der Waals surface area contributed by atoms with Crippen LogP contribution in [0.1, 0.15) is 30.9 Å². The first-order valence-electron chi connectivity index (χ1n) is 10.2. The molecular weight excluding hydrogens is 336 g/mol. The first-order valence-corrected chi connectivity index (χ1v) is 10.2. The highest BCUT2D eigenvalue weighted by atomic mass is 16.5. The van der Waals surface area contributed by atoms with Crippen LogP contribution < -0.4 is 14.8 Å². The van der Waals surface area contributed by atoms with E-state index in [0.717, 1.165) is 29.5 Å². The second kappa shape index (κ2) is 8.77. The molecule has 4 nitrogen and oxygen atoms in total. The number of benzene rings is 2. The van der Waals surface area contributed by atoms with Crippen molar-refractivity contribution in [2.45, 2.75) is 39.0 Å². The van der Waals surface area contributed by atoms with Crippen LogP contribution >= 0.6 is 0 Å². The SMILES string of the molecule is CCOc1cc(CN[C@H]2CN3CCC2CC3)ccc1OCc1ccccc1. The number of hydrogen-bond acceptors (Lipinski definition) is 4. The van der Waals surface area contributed by atoms with Crippen LogP contribution in [0.2, 0.25) is 0 Å². The second-order valence-corrected chi connectivity index (χ2v) is 7.61. The zero-order valence-corrected chi connectivity index (χ0v) is 16.2. The molecule has 3 saturated heterocycles. The fourth-order valence-electron chi connectivity index (χ4n) is 4.23. The van der Waals surface area contributed by atoms with E-state index in [1.165, 1.54) is 38.0 Å². The van der Waals surface area contributed by atoms with Crippen molar-refractivity contribution in [3.05, 3.63) is 59.7 Å². The van der Waals surface area contributed by atoms with Gasteiger partial charge in [-0.05, 0) is 62.0 Å². The van der Waals surface area contributed by atoms with Crippen LogP contribution in [-0.4, -0.2) is 37.2 Å². The molecule has 144 valence electrons. The molecular formula is C23H30N2O2. The summed E-state index contributed by atoms with van der Waals surface area (Å²) in [5, 5.41) is 3.78.